The Kier molecular flexibility index (Phi) is 6.39. The first-order valence-electron chi connectivity index (χ1n) is 10.6. The van der Waals surface area contributed by atoms with Crippen molar-refractivity contribution in [2.45, 2.75) is 36.7 Å². The molecule has 32 heavy (non-hydrogen) atoms. The average Bonchev–Trinajstić information content (AvgIpc) is 2.78. The highest BCUT2D eigenvalue weighted by Gasteiger charge is 2.30. The predicted molar refractivity (Wildman–Crippen MR) is 121 cm³/mol. The van der Waals surface area contributed by atoms with Crippen LogP contribution in [0.5, 0.6) is 0 Å². The van der Waals surface area contributed by atoms with Crippen LogP contribution in [0.4, 0.5) is 0 Å². The molecule has 1 atom stereocenters. The molecule has 4 rings (SSSR count). The summed E-state index contributed by atoms with van der Waals surface area (Å²) < 4.78 is 52.9. The molecule has 172 valence electrons. The van der Waals surface area contributed by atoms with E-state index in [-0.39, 0.29) is 23.0 Å². The van der Waals surface area contributed by atoms with E-state index in [1.165, 1.54) is 20.7 Å². The van der Waals surface area contributed by atoms with Crippen LogP contribution in [0.15, 0.2) is 53.4 Å². The maximum atomic E-state index is 13.2. The van der Waals surface area contributed by atoms with Gasteiger partial charge in [0.15, 0.2) is 0 Å². The van der Waals surface area contributed by atoms with Crippen LogP contribution in [0.2, 0.25) is 0 Å². The van der Waals surface area contributed by atoms with Crippen LogP contribution < -0.4 is 5.32 Å². The summed E-state index contributed by atoms with van der Waals surface area (Å²) in [7, 11) is -7.08. The zero-order valence-corrected chi connectivity index (χ0v) is 19.5. The van der Waals surface area contributed by atoms with Gasteiger partial charge in [-0.25, -0.2) is 21.1 Å². The molecule has 0 saturated carbocycles. The number of nitrogens with one attached hydrogen (secondary N) is 1. The molecule has 0 aliphatic carbocycles. The topological polar surface area (TPSA) is 104 Å². The molecule has 0 aromatic heterocycles. The zero-order valence-electron chi connectivity index (χ0n) is 17.9. The van der Waals surface area contributed by atoms with Crippen LogP contribution in [0, 0.1) is 0 Å². The number of piperidine rings is 1. The molecule has 1 saturated heterocycles. The van der Waals surface area contributed by atoms with Crippen LogP contribution in [0.1, 0.15) is 34.3 Å². The number of amides is 1. The fourth-order valence-corrected chi connectivity index (χ4v) is 6.63. The number of fused-ring (bicyclic) bond motifs is 1. The van der Waals surface area contributed by atoms with Crippen molar-refractivity contribution in [2.24, 2.45) is 0 Å². The number of sulfonamides is 2. The second-order valence-corrected chi connectivity index (χ2v) is 12.2. The van der Waals surface area contributed by atoms with E-state index in [4.69, 9.17) is 0 Å². The molecule has 2 aromatic carbocycles. The van der Waals surface area contributed by atoms with E-state index < -0.39 is 26.0 Å². The largest absolute Gasteiger partial charge is 0.348 e. The van der Waals surface area contributed by atoms with Crippen molar-refractivity contribution in [3.8, 4) is 0 Å². The summed E-state index contributed by atoms with van der Waals surface area (Å²) in [6, 6.07) is 13.5. The molecule has 1 fully saturated rings. The van der Waals surface area contributed by atoms with Crippen LogP contribution in [0.3, 0.4) is 0 Å². The van der Waals surface area contributed by atoms with Gasteiger partial charge in [0.2, 0.25) is 20.0 Å². The number of benzene rings is 2. The second kappa shape index (κ2) is 8.93. The average molecular weight is 478 g/mol. The third-order valence-corrected chi connectivity index (χ3v) is 9.13. The number of hydrogen-bond donors (Lipinski definition) is 1. The molecule has 2 aromatic rings. The number of nitrogens with zero attached hydrogens (tertiary/aromatic N) is 2. The normalized spacial score (nSPS) is 20.5. The van der Waals surface area contributed by atoms with Gasteiger partial charge in [-0.05, 0) is 48.6 Å². The van der Waals surface area contributed by atoms with E-state index in [2.05, 4.69) is 5.32 Å². The summed E-state index contributed by atoms with van der Waals surface area (Å²) in [6.45, 7) is 1.35. The summed E-state index contributed by atoms with van der Waals surface area (Å²) in [5.74, 6) is -0.411. The Morgan fingerprint density at radius 1 is 0.969 bits per heavy atom. The second-order valence-electron chi connectivity index (χ2n) is 8.32. The Labute approximate surface area is 189 Å². The molecule has 0 radical (unpaired) electrons. The number of hydrogen-bond acceptors (Lipinski definition) is 5. The fraction of sp³-hybridized carbons (Fsp3) is 0.409. The first kappa shape index (κ1) is 22.9. The fourth-order valence-electron chi connectivity index (χ4n) is 4.25. The van der Waals surface area contributed by atoms with Crippen molar-refractivity contribution < 1.29 is 21.6 Å². The van der Waals surface area contributed by atoms with Crippen LogP contribution in [-0.4, -0.2) is 63.3 Å². The Morgan fingerprint density at radius 2 is 1.72 bits per heavy atom. The van der Waals surface area contributed by atoms with Gasteiger partial charge >= 0.3 is 0 Å². The summed E-state index contributed by atoms with van der Waals surface area (Å²) in [6.07, 6.45) is 3.13. The Bertz CT molecular complexity index is 1230. The zero-order chi connectivity index (χ0) is 22.9. The summed E-state index contributed by atoms with van der Waals surface area (Å²) in [5.41, 5.74) is 2.38. The third-order valence-electron chi connectivity index (χ3n) is 6.02. The lowest BCUT2D eigenvalue weighted by Gasteiger charge is -2.31. The van der Waals surface area contributed by atoms with Gasteiger partial charge in [-0.1, -0.05) is 30.3 Å². The van der Waals surface area contributed by atoms with Crippen molar-refractivity contribution >= 4 is 26.0 Å². The molecular formula is C22H27N3O5S2. The minimum atomic E-state index is -3.76. The molecule has 1 amide bonds. The van der Waals surface area contributed by atoms with Gasteiger partial charge in [-0.3, -0.25) is 4.79 Å². The van der Waals surface area contributed by atoms with Crippen LogP contribution >= 0.6 is 0 Å². The number of rotatable bonds is 5. The van der Waals surface area contributed by atoms with E-state index in [1.807, 2.05) is 24.3 Å². The monoisotopic (exact) mass is 477 g/mol. The van der Waals surface area contributed by atoms with Gasteiger partial charge in [-0.15, -0.1) is 0 Å². The highest BCUT2D eigenvalue weighted by molar-refractivity contribution is 7.89. The molecule has 2 aliphatic rings. The van der Waals surface area contributed by atoms with Gasteiger partial charge in [0.25, 0.3) is 5.91 Å². The first-order chi connectivity index (χ1) is 15.1. The molecule has 1 unspecified atom stereocenters. The molecule has 8 nitrogen and oxygen atoms in total. The van der Waals surface area contributed by atoms with Crippen molar-refractivity contribution in [1.29, 1.82) is 0 Å². The van der Waals surface area contributed by atoms with Gasteiger partial charge in [0.1, 0.15) is 0 Å². The Balaban J connectivity index is 1.49. The van der Waals surface area contributed by atoms with Gasteiger partial charge in [-0.2, -0.15) is 4.31 Å². The van der Waals surface area contributed by atoms with Crippen molar-refractivity contribution in [3.05, 3.63) is 65.2 Å². The van der Waals surface area contributed by atoms with E-state index in [1.54, 1.807) is 12.1 Å². The molecule has 0 bridgehead atoms. The van der Waals surface area contributed by atoms with E-state index in [0.29, 0.717) is 38.9 Å². The minimum absolute atomic E-state index is 0.0749. The quantitative estimate of drug-likeness (QED) is 0.704. The van der Waals surface area contributed by atoms with E-state index in [0.717, 1.165) is 17.4 Å². The maximum absolute atomic E-state index is 13.2. The molecular weight excluding hydrogens is 450 g/mol. The van der Waals surface area contributed by atoms with Gasteiger partial charge < -0.3 is 5.32 Å². The van der Waals surface area contributed by atoms with Gasteiger partial charge in [0, 0.05) is 37.8 Å². The van der Waals surface area contributed by atoms with Crippen molar-refractivity contribution in [3.63, 3.8) is 0 Å². The maximum Gasteiger partial charge on any atom is 0.251 e. The molecule has 10 heteroatoms. The summed E-state index contributed by atoms with van der Waals surface area (Å²) >= 11 is 0. The SMILES string of the molecule is CS(=O)(=O)N1CCCC(NC(=O)c2cccc(S(=O)(=O)N3CCc4ccccc4C3)c2)C1. The standard InChI is InChI=1S/C22H27N3O5S2/c1-31(27,28)24-12-5-9-20(16-24)23-22(26)18-8-4-10-21(14-18)32(29,30)25-13-11-17-6-2-3-7-19(17)15-25/h2-4,6-8,10,14,20H,5,9,11-13,15-16H2,1H3,(H,23,26). The third kappa shape index (κ3) is 4.88. The predicted octanol–water partition coefficient (Wildman–Crippen LogP) is 1.59. The first-order valence-corrected chi connectivity index (χ1v) is 13.9. The molecule has 0 spiro atoms. The summed E-state index contributed by atoms with van der Waals surface area (Å²) in [5, 5.41) is 2.85. The lowest BCUT2D eigenvalue weighted by molar-refractivity contribution is 0.0921. The Morgan fingerprint density at radius 3 is 2.47 bits per heavy atom. The molecule has 2 aliphatic heterocycles. The van der Waals surface area contributed by atoms with Crippen LogP contribution in [0.25, 0.3) is 0 Å². The highest BCUT2D eigenvalue weighted by Crippen LogP contribution is 2.25. The van der Waals surface area contributed by atoms with Gasteiger partial charge in [0.05, 0.1) is 11.2 Å². The van der Waals surface area contributed by atoms with Crippen molar-refractivity contribution in [2.75, 3.05) is 25.9 Å². The smallest absolute Gasteiger partial charge is 0.251 e. The van der Waals surface area contributed by atoms with Crippen LogP contribution in [-0.2, 0) is 33.0 Å². The summed E-state index contributed by atoms with van der Waals surface area (Å²) in [4.78, 5) is 12.9. The molecule has 2 heterocycles. The van der Waals surface area contributed by atoms with E-state index >= 15 is 0 Å². The number of carbonyl (C=O) groups excluding carboxylic acids is 1. The lowest BCUT2D eigenvalue weighted by atomic mass is 10.0. The number of carbonyl (C=O) groups is 1. The van der Waals surface area contributed by atoms with E-state index in [9.17, 15) is 21.6 Å². The lowest BCUT2D eigenvalue weighted by Crippen LogP contribution is -2.49. The van der Waals surface area contributed by atoms with Crippen molar-refractivity contribution in [1.82, 2.24) is 13.9 Å². The minimum Gasteiger partial charge on any atom is -0.348 e. The molecule has 1 N–H and O–H groups in total. The highest BCUT2D eigenvalue weighted by atomic mass is 32.2. The Hall–Kier alpha value is -2.27.